The van der Waals surface area contributed by atoms with Gasteiger partial charge in [0, 0.05) is 38.1 Å². The van der Waals surface area contributed by atoms with Gasteiger partial charge in [-0.3, -0.25) is 4.98 Å². The van der Waals surface area contributed by atoms with Crippen molar-refractivity contribution in [2.75, 3.05) is 25.2 Å². The molecule has 1 heterocycles. The van der Waals surface area contributed by atoms with Gasteiger partial charge in [-0.25, -0.2) is 0 Å². The third-order valence-corrected chi connectivity index (χ3v) is 2.62. The molecule has 0 radical (unpaired) electrons. The fraction of sp³-hybridized carbons (Fsp3) is 0.583. The summed E-state index contributed by atoms with van der Waals surface area (Å²) in [5.74, 6) is 0. The summed E-state index contributed by atoms with van der Waals surface area (Å²) in [5, 5.41) is 0. The molecule has 0 saturated carbocycles. The molecule has 1 atom stereocenters. The lowest BCUT2D eigenvalue weighted by molar-refractivity contribution is 0.182. The molecule has 0 aromatic carbocycles. The van der Waals surface area contributed by atoms with Crippen LogP contribution in [0.5, 0.6) is 0 Å². The van der Waals surface area contributed by atoms with E-state index >= 15 is 0 Å². The molecule has 1 rings (SSSR count). The van der Waals surface area contributed by atoms with Crippen LogP contribution >= 0.6 is 0 Å². The zero-order chi connectivity index (χ0) is 12.0. The van der Waals surface area contributed by atoms with E-state index in [-0.39, 0.29) is 0 Å². The largest absolute Gasteiger partial charge is 0.383 e. The van der Waals surface area contributed by atoms with Gasteiger partial charge in [0.25, 0.3) is 0 Å². The molecule has 90 valence electrons. The van der Waals surface area contributed by atoms with E-state index in [1.165, 1.54) is 0 Å². The minimum Gasteiger partial charge on any atom is -0.383 e. The Labute approximate surface area is 97.4 Å². The van der Waals surface area contributed by atoms with Crippen molar-refractivity contribution in [3.05, 3.63) is 24.0 Å². The van der Waals surface area contributed by atoms with Gasteiger partial charge in [0.15, 0.2) is 0 Å². The normalized spacial score (nSPS) is 12.5. The molecular weight excluding hydrogens is 202 g/mol. The van der Waals surface area contributed by atoms with Crippen LogP contribution in [0.2, 0.25) is 0 Å². The standard InChI is InChI=1S/C12H21N3O/c1-4-15(10(2)9-16-3)12-5-6-14-11(7-12)8-13/h5-7,10H,4,8-9,13H2,1-3H3. The number of methoxy groups -OCH3 is 1. The molecule has 16 heavy (non-hydrogen) atoms. The topological polar surface area (TPSA) is 51.4 Å². The van der Waals surface area contributed by atoms with Gasteiger partial charge in [-0.05, 0) is 26.0 Å². The summed E-state index contributed by atoms with van der Waals surface area (Å²) in [5.41, 5.74) is 7.66. The molecule has 0 aliphatic carbocycles. The van der Waals surface area contributed by atoms with Gasteiger partial charge in [0.1, 0.15) is 0 Å². The number of pyridine rings is 1. The summed E-state index contributed by atoms with van der Waals surface area (Å²) in [6.45, 7) is 6.42. The number of likely N-dealkylation sites (N-methyl/N-ethyl adjacent to an activating group) is 1. The van der Waals surface area contributed by atoms with Crippen molar-refractivity contribution >= 4 is 5.69 Å². The number of aromatic nitrogens is 1. The van der Waals surface area contributed by atoms with Crippen LogP contribution in [0, 0.1) is 0 Å². The van der Waals surface area contributed by atoms with Crippen molar-refractivity contribution in [1.82, 2.24) is 4.98 Å². The number of ether oxygens (including phenoxy) is 1. The van der Waals surface area contributed by atoms with Gasteiger partial charge < -0.3 is 15.4 Å². The molecule has 0 saturated heterocycles. The molecule has 4 nitrogen and oxygen atoms in total. The van der Waals surface area contributed by atoms with E-state index in [9.17, 15) is 0 Å². The Hall–Kier alpha value is -1.13. The molecule has 0 amide bonds. The Kier molecular flexibility index (Phi) is 5.22. The molecule has 1 aromatic heterocycles. The zero-order valence-corrected chi connectivity index (χ0v) is 10.3. The van der Waals surface area contributed by atoms with Crippen LogP contribution in [0.1, 0.15) is 19.5 Å². The van der Waals surface area contributed by atoms with Crippen molar-refractivity contribution in [2.24, 2.45) is 5.73 Å². The maximum atomic E-state index is 5.59. The number of anilines is 1. The van der Waals surface area contributed by atoms with Crippen LogP contribution in [-0.4, -0.2) is 31.3 Å². The van der Waals surface area contributed by atoms with Crippen molar-refractivity contribution in [2.45, 2.75) is 26.4 Å². The van der Waals surface area contributed by atoms with Gasteiger partial charge in [-0.1, -0.05) is 0 Å². The number of hydrogen-bond acceptors (Lipinski definition) is 4. The maximum absolute atomic E-state index is 5.59. The van der Waals surface area contributed by atoms with Gasteiger partial charge in [0.2, 0.25) is 0 Å². The molecule has 1 aromatic rings. The Morgan fingerprint density at radius 2 is 2.31 bits per heavy atom. The first kappa shape index (κ1) is 12.9. The molecule has 0 aliphatic heterocycles. The Balaban J connectivity index is 2.85. The molecule has 0 fully saturated rings. The summed E-state index contributed by atoms with van der Waals surface area (Å²) < 4.78 is 5.18. The quantitative estimate of drug-likeness (QED) is 0.792. The molecule has 4 heteroatoms. The second kappa shape index (κ2) is 6.45. The lowest BCUT2D eigenvalue weighted by Gasteiger charge is -2.29. The molecule has 0 aliphatic rings. The highest BCUT2D eigenvalue weighted by Crippen LogP contribution is 2.17. The van der Waals surface area contributed by atoms with Crippen LogP contribution in [-0.2, 0) is 11.3 Å². The maximum Gasteiger partial charge on any atom is 0.0663 e. The second-order valence-corrected chi connectivity index (χ2v) is 3.80. The van der Waals surface area contributed by atoms with Gasteiger partial charge in [-0.2, -0.15) is 0 Å². The minimum absolute atomic E-state index is 0.350. The average molecular weight is 223 g/mol. The highest BCUT2D eigenvalue weighted by molar-refractivity contribution is 5.47. The monoisotopic (exact) mass is 223 g/mol. The number of nitrogens with two attached hydrogens (primary N) is 1. The van der Waals surface area contributed by atoms with E-state index in [0.29, 0.717) is 19.2 Å². The summed E-state index contributed by atoms with van der Waals surface area (Å²) in [6.07, 6.45) is 1.81. The predicted molar refractivity (Wildman–Crippen MR) is 66.5 cm³/mol. The SMILES string of the molecule is CCN(c1ccnc(CN)c1)C(C)COC. The van der Waals surface area contributed by atoms with E-state index in [2.05, 4.69) is 23.7 Å². The first-order valence-corrected chi connectivity index (χ1v) is 5.63. The average Bonchev–Trinajstić information content (AvgIpc) is 2.31. The van der Waals surface area contributed by atoms with E-state index in [1.807, 2.05) is 12.1 Å². The van der Waals surface area contributed by atoms with Gasteiger partial charge in [0.05, 0.1) is 12.3 Å². The summed E-state index contributed by atoms with van der Waals surface area (Å²) in [4.78, 5) is 6.48. The van der Waals surface area contributed by atoms with Crippen molar-refractivity contribution in [1.29, 1.82) is 0 Å². The van der Waals surface area contributed by atoms with Crippen molar-refractivity contribution < 1.29 is 4.74 Å². The number of hydrogen-bond donors (Lipinski definition) is 1. The van der Waals surface area contributed by atoms with Crippen molar-refractivity contribution in [3.8, 4) is 0 Å². The Morgan fingerprint density at radius 1 is 1.56 bits per heavy atom. The highest BCUT2D eigenvalue weighted by Gasteiger charge is 2.12. The van der Waals surface area contributed by atoms with Crippen molar-refractivity contribution in [3.63, 3.8) is 0 Å². The minimum atomic E-state index is 0.350. The lowest BCUT2D eigenvalue weighted by atomic mass is 10.2. The highest BCUT2D eigenvalue weighted by atomic mass is 16.5. The summed E-state index contributed by atoms with van der Waals surface area (Å²) in [6, 6.07) is 4.40. The van der Waals surface area contributed by atoms with E-state index < -0.39 is 0 Å². The Bertz CT molecular complexity index is 317. The van der Waals surface area contributed by atoms with Crippen LogP contribution in [0.3, 0.4) is 0 Å². The first-order chi connectivity index (χ1) is 7.72. The molecule has 1 unspecified atom stereocenters. The van der Waals surface area contributed by atoms with Crippen LogP contribution in [0.25, 0.3) is 0 Å². The first-order valence-electron chi connectivity index (χ1n) is 5.63. The predicted octanol–water partition coefficient (Wildman–Crippen LogP) is 1.40. The van der Waals surface area contributed by atoms with Crippen LogP contribution < -0.4 is 10.6 Å². The molecule has 0 spiro atoms. The van der Waals surface area contributed by atoms with Crippen LogP contribution in [0.4, 0.5) is 5.69 Å². The van der Waals surface area contributed by atoms with E-state index in [4.69, 9.17) is 10.5 Å². The molecule has 2 N–H and O–H groups in total. The van der Waals surface area contributed by atoms with E-state index in [1.54, 1.807) is 13.3 Å². The Morgan fingerprint density at radius 3 is 2.88 bits per heavy atom. The number of nitrogens with zero attached hydrogens (tertiary/aromatic N) is 2. The summed E-state index contributed by atoms with van der Waals surface area (Å²) in [7, 11) is 1.72. The molecular formula is C12H21N3O. The third-order valence-electron chi connectivity index (χ3n) is 2.62. The van der Waals surface area contributed by atoms with Gasteiger partial charge >= 0.3 is 0 Å². The number of rotatable bonds is 6. The third kappa shape index (κ3) is 3.18. The lowest BCUT2D eigenvalue weighted by Crippen LogP contribution is -2.36. The van der Waals surface area contributed by atoms with Gasteiger partial charge in [-0.15, -0.1) is 0 Å². The molecule has 0 bridgehead atoms. The van der Waals surface area contributed by atoms with E-state index in [0.717, 1.165) is 17.9 Å². The zero-order valence-electron chi connectivity index (χ0n) is 10.3. The second-order valence-electron chi connectivity index (χ2n) is 3.80. The van der Waals surface area contributed by atoms with Crippen LogP contribution in [0.15, 0.2) is 18.3 Å². The fourth-order valence-corrected chi connectivity index (χ4v) is 1.84. The fourth-order valence-electron chi connectivity index (χ4n) is 1.84. The smallest absolute Gasteiger partial charge is 0.0663 e. The summed E-state index contributed by atoms with van der Waals surface area (Å²) >= 11 is 0.